The molecule has 2 nitrogen and oxygen atoms in total. The lowest BCUT2D eigenvalue weighted by Gasteiger charge is -2.40. The van der Waals surface area contributed by atoms with Crippen molar-refractivity contribution in [3.63, 3.8) is 0 Å². The van der Waals surface area contributed by atoms with E-state index < -0.39 is 21.5 Å². The number of rotatable bonds is 3. The summed E-state index contributed by atoms with van der Waals surface area (Å²) in [6, 6.07) is 7.52. The molecule has 2 unspecified atom stereocenters. The van der Waals surface area contributed by atoms with Crippen LogP contribution >= 0.6 is 27.5 Å². The fourth-order valence-electron chi connectivity index (χ4n) is 1.62. The zero-order valence-electron chi connectivity index (χ0n) is 10.1. The van der Waals surface area contributed by atoms with Crippen LogP contribution in [0.4, 0.5) is 13.2 Å². The molecule has 0 amide bonds. The maximum atomic E-state index is 13.1. The molecule has 0 aromatic heterocycles. The minimum absolute atomic E-state index is 0.134. The molecule has 0 N–H and O–H groups in total. The van der Waals surface area contributed by atoms with E-state index in [9.17, 15) is 18.0 Å². The van der Waals surface area contributed by atoms with Gasteiger partial charge in [-0.1, -0.05) is 57.9 Å². The predicted molar refractivity (Wildman–Crippen MR) is 69.1 cm³/mol. The van der Waals surface area contributed by atoms with Gasteiger partial charge in [0.15, 0.2) is 5.60 Å². The lowest BCUT2D eigenvalue weighted by atomic mass is 9.91. The Balaban J connectivity index is 3.41. The van der Waals surface area contributed by atoms with E-state index in [0.29, 0.717) is 0 Å². The predicted octanol–water partition coefficient (Wildman–Crippen LogP) is 4.36. The van der Waals surface area contributed by atoms with Gasteiger partial charge in [-0.25, -0.2) is 0 Å². The molecule has 0 fully saturated rings. The van der Waals surface area contributed by atoms with Crippen LogP contribution in [0.15, 0.2) is 30.3 Å². The topological polar surface area (TPSA) is 26.3 Å². The molecule has 0 heterocycles. The van der Waals surface area contributed by atoms with E-state index in [1.54, 1.807) is 6.07 Å². The first-order valence-electron chi connectivity index (χ1n) is 5.22. The van der Waals surface area contributed by atoms with Crippen molar-refractivity contribution in [2.75, 3.05) is 0 Å². The second kappa shape index (κ2) is 5.32. The number of carbonyl (C=O) groups excluding carboxylic acids is 1. The molecule has 1 rings (SSSR count). The number of carbonyl (C=O) groups is 1. The summed E-state index contributed by atoms with van der Waals surface area (Å²) in [5.41, 5.74) is -1.96. The lowest BCUT2D eigenvalue weighted by Crippen LogP contribution is -2.53. The average Bonchev–Trinajstić information content (AvgIpc) is 2.27. The highest BCUT2D eigenvalue weighted by Gasteiger charge is 2.65. The van der Waals surface area contributed by atoms with Gasteiger partial charge < -0.3 is 4.74 Å². The van der Waals surface area contributed by atoms with Gasteiger partial charge in [-0.15, -0.1) is 0 Å². The highest BCUT2D eigenvalue weighted by atomic mass is 79.9. The van der Waals surface area contributed by atoms with Crippen molar-refractivity contribution in [1.29, 1.82) is 0 Å². The molecule has 0 radical (unpaired) electrons. The molecule has 1 aromatic carbocycles. The van der Waals surface area contributed by atoms with E-state index >= 15 is 0 Å². The number of benzene rings is 1. The van der Waals surface area contributed by atoms with Crippen LogP contribution < -0.4 is 0 Å². The monoisotopic (exact) mass is 358 g/mol. The average molecular weight is 360 g/mol. The fourth-order valence-corrected chi connectivity index (χ4v) is 2.08. The van der Waals surface area contributed by atoms with Crippen LogP contribution in [0.3, 0.4) is 0 Å². The molecule has 19 heavy (non-hydrogen) atoms. The van der Waals surface area contributed by atoms with E-state index in [-0.39, 0.29) is 5.56 Å². The molecule has 1 aromatic rings. The van der Waals surface area contributed by atoms with Crippen molar-refractivity contribution in [3.05, 3.63) is 35.9 Å². The molecule has 0 aliphatic carbocycles. The van der Waals surface area contributed by atoms with Crippen LogP contribution in [0.2, 0.25) is 0 Å². The summed E-state index contributed by atoms with van der Waals surface area (Å²) in [5.74, 6) is -0.861. The maximum Gasteiger partial charge on any atom is 0.421 e. The zero-order valence-corrected chi connectivity index (χ0v) is 12.4. The summed E-state index contributed by atoms with van der Waals surface area (Å²) < 4.78 is 41.2. The first-order valence-corrected chi connectivity index (χ1v) is 6.39. The summed E-state index contributed by atoms with van der Waals surface area (Å²) >= 11 is 8.07. The molecule has 0 spiro atoms. The molecule has 0 aliphatic rings. The second-order valence-corrected chi connectivity index (χ2v) is 6.28. The Morgan fingerprint density at radius 1 is 1.26 bits per heavy atom. The van der Waals surface area contributed by atoms with Crippen molar-refractivity contribution in [3.8, 4) is 0 Å². The van der Waals surface area contributed by atoms with Crippen LogP contribution in [0.5, 0.6) is 0 Å². The van der Waals surface area contributed by atoms with E-state index in [1.165, 1.54) is 24.3 Å². The second-order valence-electron chi connectivity index (χ2n) is 4.07. The Morgan fingerprint density at radius 3 is 2.11 bits per heavy atom. The summed E-state index contributed by atoms with van der Waals surface area (Å²) in [5, 5.41) is 0. The first kappa shape index (κ1) is 16.3. The van der Waals surface area contributed by atoms with E-state index in [1.807, 2.05) is 0 Å². The number of hydrogen-bond donors (Lipinski definition) is 0. The Kier molecular flexibility index (Phi) is 4.57. The van der Waals surface area contributed by atoms with Gasteiger partial charge in [0.25, 0.3) is 0 Å². The van der Waals surface area contributed by atoms with E-state index in [2.05, 4.69) is 15.9 Å². The number of esters is 1. The third kappa shape index (κ3) is 3.05. The number of halogens is 5. The van der Waals surface area contributed by atoms with Crippen molar-refractivity contribution in [2.24, 2.45) is 0 Å². The fraction of sp³-hybridized carbons (Fsp3) is 0.417. The number of alkyl halides is 5. The molecular weight excluding hydrogens is 348 g/mol. The largest absolute Gasteiger partial charge is 0.451 e. The molecule has 0 saturated carbocycles. The molecule has 0 aliphatic heterocycles. The van der Waals surface area contributed by atoms with Crippen molar-refractivity contribution < 1.29 is 22.7 Å². The standard InChI is InChI=1S/C12H11BrClF3O2/c1-8(18)19-10(2,9-6-4-3-5-7-9)11(13,14)12(15,16)17/h3-7H,1-2H3. The Labute approximate surface area is 122 Å². The Morgan fingerprint density at radius 2 is 1.74 bits per heavy atom. The van der Waals surface area contributed by atoms with Gasteiger partial charge in [0.1, 0.15) is 0 Å². The van der Waals surface area contributed by atoms with Gasteiger partial charge >= 0.3 is 12.1 Å². The third-order valence-corrected chi connectivity index (χ3v) is 4.41. The maximum absolute atomic E-state index is 13.1. The molecule has 7 heteroatoms. The van der Waals surface area contributed by atoms with Crippen molar-refractivity contribution in [2.45, 2.75) is 29.4 Å². The minimum Gasteiger partial charge on any atom is -0.451 e. The van der Waals surface area contributed by atoms with Gasteiger partial charge in [-0.3, -0.25) is 4.79 Å². The SMILES string of the molecule is CC(=O)OC(C)(c1ccccc1)C(Cl)(Br)C(F)(F)F. The summed E-state index contributed by atoms with van der Waals surface area (Å²) in [7, 11) is 0. The highest BCUT2D eigenvalue weighted by Crippen LogP contribution is 2.54. The summed E-state index contributed by atoms with van der Waals surface area (Å²) in [6.07, 6.45) is -4.82. The van der Waals surface area contributed by atoms with Crippen LogP contribution in [-0.2, 0) is 15.1 Å². The first-order chi connectivity index (χ1) is 8.52. The quantitative estimate of drug-likeness (QED) is 0.592. The van der Waals surface area contributed by atoms with Crippen LogP contribution in [0.1, 0.15) is 19.4 Å². The number of ether oxygens (including phenoxy) is 1. The van der Waals surface area contributed by atoms with E-state index in [0.717, 1.165) is 13.8 Å². The summed E-state index contributed by atoms with van der Waals surface area (Å²) in [4.78, 5) is 11.1. The van der Waals surface area contributed by atoms with Gasteiger partial charge in [0.2, 0.25) is 3.78 Å². The van der Waals surface area contributed by atoms with Crippen LogP contribution in [0, 0.1) is 0 Å². The van der Waals surface area contributed by atoms with Crippen molar-refractivity contribution >= 4 is 33.5 Å². The zero-order chi connectivity index (χ0) is 14.9. The van der Waals surface area contributed by atoms with Gasteiger partial charge in [-0.2, -0.15) is 13.2 Å². The van der Waals surface area contributed by atoms with Crippen LogP contribution in [-0.4, -0.2) is 15.9 Å². The molecule has 0 saturated heterocycles. The molecule has 0 bridgehead atoms. The Bertz CT molecular complexity index is 462. The van der Waals surface area contributed by atoms with Gasteiger partial charge in [-0.05, 0) is 12.5 Å². The Hall–Kier alpha value is -0.750. The molecular formula is C12H11BrClF3O2. The highest BCUT2D eigenvalue weighted by molar-refractivity contribution is 9.10. The van der Waals surface area contributed by atoms with Gasteiger partial charge in [0, 0.05) is 6.92 Å². The van der Waals surface area contributed by atoms with E-state index in [4.69, 9.17) is 16.3 Å². The van der Waals surface area contributed by atoms with Crippen molar-refractivity contribution in [1.82, 2.24) is 0 Å². The van der Waals surface area contributed by atoms with Crippen LogP contribution in [0.25, 0.3) is 0 Å². The minimum atomic E-state index is -4.82. The molecule has 106 valence electrons. The normalized spacial score (nSPS) is 18.3. The molecule has 2 atom stereocenters. The smallest absolute Gasteiger partial charge is 0.421 e. The number of hydrogen-bond acceptors (Lipinski definition) is 2. The lowest BCUT2D eigenvalue weighted by molar-refractivity contribution is -0.196. The van der Waals surface area contributed by atoms with Gasteiger partial charge in [0.05, 0.1) is 0 Å². The summed E-state index contributed by atoms with van der Waals surface area (Å²) in [6.45, 7) is 2.14. The third-order valence-electron chi connectivity index (χ3n) is 2.63.